The molecule has 0 spiro atoms. The minimum atomic E-state index is -0.469. The van der Waals surface area contributed by atoms with Crippen molar-refractivity contribution in [3.05, 3.63) is 51.0 Å². The Labute approximate surface area is 165 Å². The molecule has 9 heteroatoms. The molecule has 26 heavy (non-hydrogen) atoms. The Morgan fingerprint density at radius 1 is 1.04 bits per heavy atom. The minimum absolute atomic E-state index is 0.266. The van der Waals surface area contributed by atoms with Crippen LogP contribution in [0.25, 0.3) is 0 Å². The van der Waals surface area contributed by atoms with Crippen molar-refractivity contribution in [3.8, 4) is 17.2 Å². The number of hydrogen-bond acceptors (Lipinski definition) is 5. The maximum Gasteiger partial charge on any atom is 0.277 e. The molecular weight excluding hydrogens is 403 g/mol. The Hall–Kier alpha value is -2.15. The van der Waals surface area contributed by atoms with Crippen molar-refractivity contribution in [3.63, 3.8) is 0 Å². The van der Waals surface area contributed by atoms with E-state index < -0.39 is 5.91 Å². The molecule has 0 atom stereocenters. The standard InChI is InChI=1S/C17H15Cl3N2O4/c1-24-15-5-10(12(19)7-16(15)25-2)8-21-22-17(23)9-26-14-4-3-11(18)6-13(14)20/h3-8H,9H2,1-2H3,(H,22,23)/b21-8+. The fourth-order valence-electron chi connectivity index (χ4n) is 1.91. The molecule has 0 radical (unpaired) electrons. The van der Waals surface area contributed by atoms with Crippen LogP contribution in [0.15, 0.2) is 35.4 Å². The Bertz CT molecular complexity index is 828. The third-order valence-electron chi connectivity index (χ3n) is 3.15. The molecule has 0 bridgehead atoms. The van der Waals surface area contributed by atoms with Crippen molar-refractivity contribution >= 4 is 46.9 Å². The summed E-state index contributed by atoms with van der Waals surface area (Å²) < 4.78 is 15.6. The van der Waals surface area contributed by atoms with Gasteiger partial charge in [0.25, 0.3) is 5.91 Å². The van der Waals surface area contributed by atoms with Crippen LogP contribution in [0.1, 0.15) is 5.56 Å². The quantitative estimate of drug-likeness (QED) is 0.542. The van der Waals surface area contributed by atoms with Gasteiger partial charge >= 0.3 is 0 Å². The van der Waals surface area contributed by atoms with E-state index in [1.807, 2.05) is 0 Å². The number of hydrogen-bond donors (Lipinski definition) is 1. The molecule has 6 nitrogen and oxygen atoms in total. The molecule has 1 N–H and O–H groups in total. The van der Waals surface area contributed by atoms with Crippen LogP contribution in [0.5, 0.6) is 17.2 Å². The van der Waals surface area contributed by atoms with Gasteiger partial charge in [-0.1, -0.05) is 34.8 Å². The monoisotopic (exact) mass is 416 g/mol. The number of nitrogens with one attached hydrogen (secondary N) is 1. The van der Waals surface area contributed by atoms with Crippen LogP contribution in [0.3, 0.4) is 0 Å². The van der Waals surface area contributed by atoms with Crippen LogP contribution in [0.4, 0.5) is 0 Å². The molecule has 0 heterocycles. The molecule has 0 saturated carbocycles. The summed E-state index contributed by atoms with van der Waals surface area (Å²) in [5.41, 5.74) is 2.88. The molecular formula is C17H15Cl3N2O4. The van der Waals surface area contributed by atoms with Crippen molar-refractivity contribution in [2.75, 3.05) is 20.8 Å². The molecule has 2 rings (SSSR count). The fraction of sp³-hybridized carbons (Fsp3) is 0.176. The molecule has 0 aliphatic rings. The number of amides is 1. The van der Waals surface area contributed by atoms with Gasteiger partial charge in [-0.2, -0.15) is 5.10 Å². The highest BCUT2D eigenvalue weighted by Crippen LogP contribution is 2.32. The van der Waals surface area contributed by atoms with Crippen LogP contribution < -0.4 is 19.6 Å². The number of rotatable bonds is 7. The number of ether oxygens (including phenoxy) is 3. The highest BCUT2D eigenvalue weighted by Gasteiger charge is 2.09. The summed E-state index contributed by atoms with van der Waals surface area (Å²) in [4.78, 5) is 11.8. The normalized spacial score (nSPS) is 10.7. The van der Waals surface area contributed by atoms with Gasteiger partial charge < -0.3 is 14.2 Å². The number of carbonyl (C=O) groups excluding carboxylic acids is 1. The van der Waals surface area contributed by atoms with Gasteiger partial charge in [0.2, 0.25) is 0 Å². The summed E-state index contributed by atoms with van der Waals surface area (Å²) in [7, 11) is 3.02. The van der Waals surface area contributed by atoms with E-state index in [0.717, 1.165) is 0 Å². The molecule has 0 fully saturated rings. The lowest BCUT2D eigenvalue weighted by molar-refractivity contribution is -0.123. The highest BCUT2D eigenvalue weighted by molar-refractivity contribution is 6.35. The first-order valence-corrected chi connectivity index (χ1v) is 8.39. The smallest absolute Gasteiger partial charge is 0.277 e. The van der Waals surface area contributed by atoms with Crippen LogP contribution in [0.2, 0.25) is 15.1 Å². The Morgan fingerprint density at radius 3 is 2.38 bits per heavy atom. The van der Waals surface area contributed by atoms with Gasteiger partial charge in [0, 0.05) is 16.7 Å². The first-order valence-electron chi connectivity index (χ1n) is 7.26. The first kappa shape index (κ1) is 20.2. The molecule has 0 aliphatic carbocycles. The third-order valence-corrected chi connectivity index (χ3v) is 4.01. The molecule has 138 valence electrons. The van der Waals surface area contributed by atoms with E-state index in [1.165, 1.54) is 26.5 Å². The summed E-state index contributed by atoms with van der Waals surface area (Å²) in [6.07, 6.45) is 1.39. The average molecular weight is 418 g/mol. The molecule has 2 aromatic carbocycles. The molecule has 0 aromatic heterocycles. The fourth-order valence-corrected chi connectivity index (χ4v) is 2.58. The zero-order chi connectivity index (χ0) is 19.1. The summed E-state index contributed by atoms with van der Waals surface area (Å²) in [5, 5.41) is 5.02. The Kier molecular flexibility index (Phi) is 7.38. The van der Waals surface area contributed by atoms with Crippen molar-refractivity contribution < 1.29 is 19.0 Å². The maximum absolute atomic E-state index is 11.8. The molecule has 0 unspecified atom stereocenters. The van der Waals surface area contributed by atoms with E-state index in [0.29, 0.717) is 37.9 Å². The largest absolute Gasteiger partial charge is 0.493 e. The number of methoxy groups -OCH3 is 2. The second-order valence-corrected chi connectivity index (χ2v) is 6.14. The molecule has 1 amide bonds. The van der Waals surface area contributed by atoms with E-state index in [4.69, 9.17) is 49.0 Å². The number of nitrogens with zero attached hydrogens (tertiary/aromatic N) is 1. The SMILES string of the molecule is COc1cc(Cl)c(/C=N/NC(=O)COc2ccc(Cl)cc2Cl)cc1OC. The van der Waals surface area contributed by atoms with Crippen molar-refractivity contribution in [2.24, 2.45) is 5.10 Å². The third kappa shape index (κ3) is 5.42. The van der Waals surface area contributed by atoms with Crippen LogP contribution in [-0.2, 0) is 4.79 Å². The molecule has 2 aromatic rings. The summed E-state index contributed by atoms with van der Waals surface area (Å²) in [6.45, 7) is -0.266. The predicted octanol–water partition coefficient (Wildman–Crippen LogP) is 4.19. The van der Waals surface area contributed by atoms with Gasteiger partial charge in [-0.15, -0.1) is 0 Å². The Morgan fingerprint density at radius 2 is 1.73 bits per heavy atom. The van der Waals surface area contributed by atoms with Gasteiger partial charge in [-0.25, -0.2) is 5.43 Å². The van der Waals surface area contributed by atoms with Gasteiger partial charge in [-0.3, -0.25) is 4.79 Å². The Balaban J connectivity index is 1.94. The van der Waals surface area contributed by atoms with Crippen molar-refractivity contribution in [1.29, 1.82) is 0 Å². The summed E-state index contributed by atoms with van der Waals surface area (Å²) in [5.74, 6) is 0.860. The van der Waals surface area contributed by atoms with Gasteiger partial charge in [0.15, 0.2) is 18.1 Å². The lowest BCUT2D eigenvalue weighted by Gasteiger charge is -2.09. The van der Waals surface area contributed by atoms with Crippen LogP contribution in [-0.4, -0.2) is 32.9 Å². The van der Waals surface area contributed by atoms with Crippen LogP contribution in [0, 0.1) is 0 Å². The number of benzene rings is 2. The minimum Gasteiger partial charge on any atom is -0.493 e. The summed E-state index contributed by atoms with van der Waals surface area (Å²) >= 11 is 17.9. The van der Waals surface area contributed by atoms with E-state index in [-0.39, 0.29) is 6.61 Å². The van der Waals surface area contributed by atoms with Gasteiger partial charge in [0.1, 0.15) is 5.75 Å². The lowest BCUT2D eigenvalue weighted by atomic mass is 10.2. The first-order chi connectivity index (χ1) is 12.4. The second kappa shape index (κ2) is 9.52. The zero-order valence-electron chi connectivity index (χ0n) is 13.9. The molecule has 0 aliphatic heterocycles. The second-order valence-electron chi connectivity index (χ2n) is 4.89. The van der Waals surface area contributed by atoms with Crippen molar-refractivity contribution in [2.45, 2.75) is 0 Å². The highest BCUT2D eigenvalue weighted by atomic mass is 35.5. The number of carbonyl (C=O) groups is 1. The predicted molar refractivity (Wildman–Crippen MR) is 102 cm³/mol. The van der Waals surface area contributed by atoms with Crippen LogP contribution >= 0.6 is 34.8 Å². The zero-order valence-corrected chi connectivity index (χ0v) is 16.2. The molecule has 0 saturated heterocycles. The van der Waals surface area contributed by atoms with E-state index >= 15 is 0 Å². The van der Waals surface area contributed by atoms with E-state index in [9.17, 15) is 4.79 Å². The lowest BCUT2D eigenvalue weighted by Crippen LogP contribution is -2.24. The van der Waals surface area contributed by atoms with Gasteiger partial charge in [0.05, 0.1) is 30.5 Å². The maximum atomic E-state index is 11.8. The number of halogens is 3. The number of hydrazone groups is 1. The van der Waals surface area contributed by atoms with E-state index in [2.05, 4.69) is 10.5 Å². The summed E-state index contributed by atoms with van der Waals surface area (Å²) in [6, 6.07) is 7.94. The van der Waals surface area contributed by atoms with Gasteiger partial charge in [-0.05, 0) is 24.3 Å². The van der Waals surface area contributed by atoms with Crippen molar-refractivity contribution in [1.82, 2.24) is 5.43 Å². The topological polar surface area (TPSA) is 69.2 Å². The van der Waals surface area contributed by atoms with E-state index in [1.54, 1.807) is 24.3 Å². The average Bonchev–Trinajstić information content (AvgIpc) is 2.62.